The fourth-order valence-electron chi connectivity index (χ4n) is 4.59. The van der Waals surface area contributed by atoms with Gasteiger partial charge in [0, 0.05) is 57.8 Å². The van der Waals surface area contributed by atoms with Crippen LogP contribution in [0.4, 0.5) is 11.4 Å². The number of ether oxygens (including phenoxy) is 2. The van der Waals surface area contributed by atoms with Gasteiger partial charge in [-0.1, -0.05) is 58.8 Å². The molecule has 0 bridgehead atoms. The van der Waals surface area contributed by atoms with Crippen LogP contribution in [-0.4, -0.2) is 41.7 Å². The molecule has 1 aliphatic heterocycles. The average Bonchev–Trinajstić information content (AvgIpc) is 3.35. The molecule has 12 nitrogen and oxygen atoms in total. The van der Waals surface area contributed by atoms with E-state index in [4.69, 9.17) is 25.1 Å². The zero-order valence-corrected chi connectivity index (χ0v) is 22.7. The Hall–Kier alpha value is -5.02. The first-order valence-electron chi connectivity index (χ1n) is 13.1. The molecule has 1 aliphatic rings. The van der Waals surface area contributed by atoms with Crippen LogP contribution in [0.5, 0.6) is 5.75 Å². The van der Waals surface area contributed by atoms with E-state index < -0.39 is 17.6 Å². The van der Waals surface area contributed by atoms with Crippen molar-refractivity contribution in [2.75, 3.05) is 13.2 Å². The number of nitrogens with zero attached hydrogens (tertiary/aromatic N) is 7. The highest BCUT2D eigenvalue weighted by molar-refractivity contribution is 6.01. The van der Waals surface area contributed by atoms with E-state index in [-0.39, 0.29) is 25.0 Å². The third-order valence-corrected chi connectivity index (χ3v) is 6.43. The van der Waals surface area contributed by atoms with Gasteiger partial charge in [-0.25, -0.2) is 4.99 Å². The van der Waals surface area contributed by atoms with Crippen molar-refractivity contribution in [3.05, 3.63) is 110 Å². The largest absolute Gasteiger partial charge is 0.494 e. The Kier molecular flexibility index (Phi) is 9.44. The lowest BCUT2D eigenvalue weighted by Crippen LogP contribution is -2.51. The molecule has 4 rings (SSSR count). The highest BCUT2D eigenvalue weighted by atomic mass is 16.5. The minimum atomic E-state index is -1.56. The van der Waals surface area contributed by atoms with Crippen molar-refractivity contribution >= 4 is 23.2 Å². The maximum absolute atomic E-state index is 14.1. The fourth-order valence-corrected chi connectivity index (χ4v) is 4.59. The fraction of sp³-hybridized carbons (Fsp3) is 0.310. The summed E-state index contributed by atoms with van der Waals surface area (Å²) in [5, 5.41) is 19.7. The van der Waals surface area contributed by atoms with Gasteiger partial charge in [0.25, 0.3) is 5.91 Å². The maximum Gasteiger partial charge on any atom is 0.252 e. The van der Waals surface area contributed by atoms with Crippen molar-refractivity contribution in [1.29, 1.82) is 0 Å². The quantitative estimate of drug-likeness (QED) is 0.115. The second-order valence-electron chi connectivity index (χ2n) is 9.66. The topological polar surface area (TPSA) is 178 Å². The van der Waals surface area contributed by atoms with E-state index >= 15 is 0 Å². The number of amides is 1. The predicted molar refractivity (Wildman–Crippen MR) is 154 cm³/mol. The molecule has 1 heterocycles. The molecule has 3 aromatic rings. The zero-order chi connectivity index (χ0) is 29.2. The number of aliphatic imine (C=N–C) groups is 1. The number of carbonyl (C=O) groups excluding carboxylic acids is 1. The van der Waals surface area contributed by atoms with Crippen molar-refractivity contribution in [2.45, 2.75) is 44.4 Å². The molecule has 2 N–H and O–H groups in total. The van der Waals surface area contributed by atoms with E-state index in [1.807, 2.05) is 13.8 Å². The van der Waals surface area contributed by atoms with Gasteiger partial charge in [-0.15, -0.1) is 0 Å². The molecule has 0 unspecified atom stereocenters. The van der Waals surface area contributed by atoms with Crippen molar-refractivity contribution in [2.24, 2.45) is 15.2 Å². The van der Waals surface area contributed by atoms with E-state index in [9.17, 15) is 10.3 Å². The summed E-state index contributed by atoms with van der Waals surface area (Å²) in [5.74, 6) is 0.425. The number of azide groups is 2. The van der Waals surface area contributed by atoms with Crippen LogP contribution in [0.25, 0.3) is 20.9 Å². The summed E-state index contributed by atoms with van der Waals surface area (Å²) in [7, 11) is 0. The lowest BCUT2D eigenvalue weighted by molar-refractivity contribution is -0.129. The number of hydrogen-bond donors (Lipinski definition) is 2. The molecule has 210 valence electrons. The molecule has 0 spiro atoms. The van der Waals surface area contributed by atoms with Gasteiger partial charge in [-0.2, -0.15) is 0 Å². The van der Waals surface area contributed by atoms with Crippen LogP contribution in [0.2, 0.25) is 0 Å². The third-order valence-electron chi connectivity index (χ3n) is 6.43. The Labute approximate surface area is 236 Å². The molecular weight excluding hydrogens is 524 g/mol. The molecule has 0 saturated carbocycles. The van der Waals surface area contributed by atoms with E-state index in [0.717, 1.165) is 0 Å². The molecule has 41 heavy (non-hydrogen) atoms. The van der Waals surface area contributed by atoms with Gasteiger partial charge in [-0.3, -0.25) is 4.79 Å². The zero-order valence-electron chi connectivity index (χ0n) is 22.7. The van der Waals surface area contributed by atoms with E-state index in [2.05, 4.69) is 25.4 Å². The molecule has 0 saturated heterocycles. The second kappa shape index (κ2) is 13.4. The number of carbonyl (C=O) groups is 1. The second-order valence-corrected chi connectivity index (χ2v) is 9.66. The monoisotopic (exact) mass is 554 g/mol. The third kappa shape index (κ3) is 6.59. The molecule has 0 aliphatic carbocycles. The van der Waals surface area contributed by atoms with Gasteiger partial charge in [-0.05, 0) is 54.7 Å². The summed E-state index contributed by atoms with van der Waals surface area (Å²) in [6.07, 6.45) is -0.450. The minimum Gasteiger partial charge on any atom is -0.494 e. The normalized spacial score (nSPS) is 17.6. The number of aliphatic hydroxyl groups excluding tert-OH is 1. The molecular formula is C29H30N8O4. The summed E-state index contributed by atoms with van der Waals surface area (Å²) in [6.45, 7) is 4.09. The minimum absolute atomic E-state index is 0.0296. The summed E-state index contributed by atoms with van der Waals surface area (Å²) in [5.41, 5.74) is 19.2. The molecule has 0 radical (unpaired) electrons. The molecule has 1 amide bonds. The Morgan fingerprint density at radius 1 is 1.05 bits per heavy atom. The SMILES string of the molecule is CC(C)NC(=O)[C@]1(Cc2ccccc2N=[N+]=[N-])N=C(c2ccc(OCCCO)cc2)O[C@@H]1c1ccccc1N=[N+]=[N-]. The average molecular weight is 555 g/mol. The summed E-state index contributed by atoms with van der Waals surface area (Å²) >= 11 is 0. The summed E-state index contributed by atoms with van der Waals surface area (Å²) in [6, 6.07) is 20.7. The predicted octanol–water partition coefficient (Wildman–Crippen LogP) is 6.36. The highest BCUT2D eigenvalue weighted by Gasteiger charge is 2.54. The molecule has 2 atom stereocenters. The van der Waals surface area contributed by atoms with Crippen LogP contribution in [0.15, 0.2) is 88.0 Å². The molecule has 3 aromatic carbocycles. The first-order chi connectivity index (χ1) is 19.9. The molecule has 0 aromatic heterocycles. The highest BCUT2D eigenvalue weighted by Crippen LogP contribution is 2.46. The molecule has 0 fully saturated rings. The van der Waals surface area contributed by atoms with Crippen LogP contribution in [0, 0.1) is 0 Å². The smallest absolute Gasteiger partial charge is 0.252 e. The Morgan fingerprint density at radius 2 is 1.71 bits per heavy atom. The van der Waals surface area contributed by atoms with Gasteiger partial charge in [0.15, 0.2) is 11.6 Å². The van der Waals surface area contributed by atoms with Gasteiger partial charge in [0.1, 0.15) is 5.75 Å². The summed E-state index contributed by atoms with van der Waals surface area (Å²) in [4.78, 5) is 25.0. The van der Waals surface area contributed by atoms with E-state index in [1.54, 1.807) is 72.8 Å². The van der Waals surface area contributed by atoms with Crippen LogP contribution < -0.4 is 10.1 Å². The van der Waals surface area contributed by atoms with E-state index in [1.165, 1.54) is 0 Å². The Bertz CT molecular complexity index is 1510. The van der Waals surface area contributed by atoms with Gasteiger partial charge in [0.05, 0.1) is 6.61 Å². The number of benzene rings is 3. The lowest BCUT2D eigenvalue weighted by atomic mass is 9.81. The van der Waals surface area contributed by atoms with Crippen molar-refractivity contribution in [1.82, 2.24) is 5.32 Å². The maximum atomic E-state index is 14.1. The number of rotatable bonds is 12. The standard InChI is InChI=1S/C29H30N8O4/c1-19(2)32-28(39)29(18-21-8-3-5-10-24(21)34-36-30)26(23-9-4-6-11-25(23)35-37-31)41-27(33-29)20-12-14-22(15-13-20)40-17-7-16-38/h3-6,8-15,19,26,38H,7,16-18H2,1-2H3,(H,32,39)/t26-,29-/m1/s1. The first-order valence-corrected chi connectivity index (χ1v) is 13.1. The van der Waals surface area contributed by atoms with E-state index in [0.29, 0.717) is 46.8 Å². The van der Waals surface area contributed by atoms with Crippen molar-refractivity contribution in [3.63, 3.8) is 0 Å². The Morgan fingerprint density at radius 3 is 2.39 bits per heavy atom. The van der Waals surface area contributed by atoms with Crippen LogP contribution >= 0.6 is 0 Å². The summed E-state index contributed by atoms with van der Waals surface area (Å²) < 4.78 is 12.1. The van der Waals surface area contributed by atoms with Crippen LogP contribution in [0.3, 0.4) is 0 Å². The number of nitrogens with one attached hydrogen (secondary N) is 1. The van der Waals surface area contributed by atoms with Gasteiger partial charge < -0.3 is 19.9 Å². The Balaban J connectivity index is 1.89. The van der Waals surface area contributed by atoms with Crippen LogP contribution in [-0.2, 0) is 16.0 Å². The lowest BCUT2D eigenvalue weighted by Gasteiger charge is -2.32. The van der Waals surface area contributed by atoms with Crippen LogP contribution in [0.1, 0.15) is 43.1 Å². The number of hydrogen-bond acceptors (Lipinski definition) is 7. The van der Waals surface area contributed by atoms with Crippen molar-refractivity contribution in [3.8, 4) is 5.75 Å². The first kappa shape index (κ1) is 29.0. The van der Waals surface area contributed by atoms with Gasteiger partial charge in [0.2, 0.25) is 5.90 Å². The molecule has 12 heteroatoms. The van der Waals surface area contributed by atoms with Crippen molar-refractivity contribution < 1.29 is 19.4 Å². The number of aliphatic hydroxyl groups is 1. The van der Waals surface area contributed by atoms with Gasteiger partial charge >= 0.3 is 0 Å².